The summed E-state index contributed by atoms with van der Waals surface area (Å²) in [7, 11) is 1.78. The number of fused-ring (bicyclic) bond motifs is 1. The van der Waals surface area contributed by atoms with Gasteiger partial charge in [0.15, 0.2) is 0 Å². The van der Waals surface area contributed by atoms with Crippen molar-refractivity contribution >= 4 is 16.9 Å². The van der Waals surface area contributed by atoms with Crippen molar-refractivity contribution in [1.82, 2.24) is 10.1 Å². The van der Waals surface area contributed by atoms with E-state index in [1.165, 1.54) is 0 Å². The van der Waals surface area contributed by atoms with Crippen molar-refractivity contribution in [2.45, 2.75) is 95.0 Å². The first-order valence-corrected chi connectivity index (χ1v) is 13.1. The van der Waals surface area contributed by atoms with Gasteiger partial charge in [0.1, 0.15) is 17.1 Å². The van der Waals surface area contributed by atoms with Crippen LogP contribution in [-0.2, 0) is 9.53 Å². The molecule has 9 nitrogen and oxygen atoms in total. The first-order valence-electron chi connectivity index (χ1n) is 13.1. The van der Waals surface area contributed by atoms with Crippen LogP contribution in [0.1, 0.15) is 72.7 Å². The third-order valence-electron chi connectivity index (χ3n) is 5.64. The maximum Gasteiger partial charge on any atom is 0.342 e. The van der Waals surface area contributed by atoms with E-state index in [2.05, 4.69) is 5.16 Å². The molecule has 0 saturated carbocycles. The van der Waals surface area contributed by atoms with Gasteiger partial charge in [0.05, 0.1) is 52.6 Å². The van der Waals surface area contributed by atoms with E-state index in [0.29, 0.717) is 29.4 Å². The topological polar surface area (TPSA) is 104 Å². The number of likely N-dealkylation sites (N-methyl/N-ethyl adjacent to an activating group) is 1. The van der Waals surface area contributed by atoms with Gasteiger partial charge in [0.2, 0.25) is 0 Å². The van der Waals surface area contributed by atoms with Gasteiger partial charge in [-0.25, -0.2) is 4.79 Å². The number of aryl methyl sites for hydroxylation is 1. The normalized spacial score (nSPS) is 12.8. The van der Waals surface area contributed by atoms with Gasteiger partial charge in [0, 0.05) is 7.05 Å². The van der Waals surface area contributed by atoms with Crippen molar-refractivity contribution < 1.29 is 27.9 Å². The minimum atomic E-state index is -0.339. The van der Waals surface area contributed by atoms with Crippen LogP contribution in [0.15, 0.2) is 49.3 Å². The van der Waals surface area contributed by atoms with Gasteiger partial charge in [0.25, 0.3) is 5.91 Å². The highest BCUT2D eigenvalue weighted by Gasteiger charge is 2.25. The van der Waals surface area contributed by atoms with Gasteiger partial charge in [-0.2, -0.15) is 0 Å². The van der Waals surface area contributed by atoms with Gasteiger partial charge in [-0.05, 0) is 81.4 Å². The average Bonchev–Trinajstić information content (AvgIpc) is 3.29. The van der Waals surface area contributed by atoms with Crippen molar-refractivity contribution in [3.63, 3.8) is 0 Å². The van der Waals surface area contributed by atoms with E-state index in [9.17, 15) is 9.59 Å². The van der Waals surface area contributed by atoms with Gasteiger partial charge >= 0.3 is 11.6 Å². The first-order chi connectivity index (χ1) is 18.2. The molecule has 3 aromatic rings. The number of ether oxygens (including phenoxy) is 3. The van der Waals surface area contributed by atoms with Gasteiger partial charge < -0.3 is 28.1 Å². The Morgan fingerprint density at radius 1 is 0.850 bits per heavy atom. The van der Waals surface area contributed by atoms with Gasteiger partial charge in [-0.1, -0.05) is 24.7 Å². The summed E-state index contributed by atoms with van der Waals surface area (Å²) in [4.78, 5) is 24.5. The molecule has 0 saturated heterocycles. The zero-order valence-electron chi connectivity index (χ0n) is 25.0. The first kappa shape index (κ1) is 34.3. The van der Waals surface area contributed by atoms with Crippen molar-refractivity contribution in [1.29, 1.82) is 0 Å². The number of rotatable bonds is 6. The number of hydrogen-bond donors (Lipinski definition) is 0. The number of carbonyl (C=O) groups excluding carboxylic acids is 1. The van der Waals surface area contributed by atoms with Crippen LogP contribution in [0.3, 0.4) is 0 Å². The molecule has 0 N–H and O–H groups in total. The SMILES string of the molecule is C.CC1=C(OC(C)C)CN(C)C1=O.Cc1c(OC(C)C)c2ccccc2oc1=O.Cc1noc(OC(C)C)c1C. The van der Waals surface area contributed by atoms with Crippen molar-refractivity contribution in [2.24, 2.45) is 0 Å². The van der Waals surface area contributed by atoms with Gasteiger partial charge in [-0.15, -0.1) is 0 Å². The lowest BCUT2D eigenvalue weighted by Crippen LogP contribution is -2.21. The molecule has 3 heterocycles. The Bertz CT molecular complexity index is 1350. The molecule has 9 heteroatoms. The van der Waals surface area contributed by atoms with Crippen molar-refractivity contribution in [3.05, 3.63) is 62.8 Å². The van der Waals surface area contributed by atoms with Crippen LogP contribution in [0.2, 0.25) is 0 Å². The summed E-state index contributed by atoms with van der Waals surface area (Å²) in [5.41, 5.74) is 3.36. The molecule has 1 aromatic carbocycles. The molecule has 1 aliphatic heterocycles. The number of amides is 1. The second-order valence-corrected chi connectivity index (χ2v) is 10.2. The predicted octanol–water partition coefficient (Wildman–Crippen LogP) is 6.76. The van der Waals surface area contributed by atoms with Crippen LogP contribution < -0.4 is 15.1 Å². The number of benzene rings is 1. The molecular formula is C31H46N2O7. The fourth-order valence-electron chi connectivity index (χ4n) is 3.54. The molecule has 0 radical (unpaired) electrons. The Morgan fingerprint density at radius 2 is 1.43 bits per heavy atom. The molecular weight excluding hydrogens is 512 g/mol. The van der Waals surface area contributed by atoms with Crippen LogP contribution in [0.5, 0.6) is 11.7 Å². The molecule has 222 valence electrons. The molecule has 4 rings (SSSR count). The van der Waals surface area contributed by atoms with Crippen molar-refractivity contribution in [3.8, 4) is 11.7 Å². The molecule has 1 aliphatic rings. The number of hydrogen-bond acceptors (Lipinski definition) is 8. The Balaban J connectivity index is 0.000000303. The lowest BCUT2D eigenvalue weighted by atomic mass is 10.1. The Kier molecular flexibility index (Phi) is 13.0. The van der Waals surface area contributed by atoms with Crippen LogP contribution in [0.25, 0.3) is 11.0 Å². The summed E-state index contributed by atoms with van der Waals surface area (Å²) in [6.45, 7) is 19.7. The highest BCUT2D eigenvalue weighted by atomic mass is 16.6. The smallest absolute Gasteiger partial charge is 0.342 e. The average molecular weight is 559 g/mol. The number of nitrogens with zero attached hydrogens (tertiary/aromatic N) is 2. The number of para-hydroxylation sites is 1. The van der Waals surface area contributed by atoms with Gasteiger partial charge in [-0.3, -0.25) is 4.79 Å². The fourth-order valence-corrected chi connectivity index (χ4v) is 3.54. The second-order valence-electron chi connectivity index (χ2n) is 10.2. The highest BCUT2D eigenvalue weighted by Crippen LogP contribution is 2.27. The molecule has 0 bridgehead atoms. The Labute approximate surface area is 238 Å². The molecule has 0 atom stereocenters. The monoisotopic (exact) mass is 558 g/mol. The third-order valence-corrected chi connectivity index (χ3v) is 5.64. The predicted molar refractivity (Wildman–Crippen MR) is 158 cm³/mol. The molecule has 40 heavy (non-hydrogen) atoms. The zero-order valence-corrected chi connectivity index (χ0v) is 25.0. The fraction of sp³-hybridized carbons (Fsp3) is 0.516. The molecule has 2 aromatic heterocycles. The van der Waals surface area contributed by atoms with Crippen LogP contribution in [0.4, 0.5) is 0 Å². The van der Waals surface area contributed by atoms with E-state index < -0.39 is 0 Å². The summed E-state index contributed by atoms with van der Waals surface area (Å²) in [6.07, 6.45) is 0.319. The highest BCUT2D eigenvalue weighted by molar-refractivity contribution is 5.95. The number of aromatic nitrogens is 1. The summed E-state index contributed by atoms with van der Waals surface area (Å²) < 4.78 is 26.6. The van der Waals surface area contributed by atoms with E-state index >= 15 is 0 Å². The molecule has 0 spiro atoms. The maximum absolute atomic E-state index is 11.6. The quantitative estimate of drug-likeness (QED) is 0.306. The Hall–Kier alpha value is -3.75. The summed E-state index contributed by atoms with van der Waals surface area (Å²) in [5.74, 6) is 2.06. The van der Waals surface area contributed by atoms with E-state index in [1.54, 1.807) is 24.9 Å². The largest absolute Gasteiger partial charge is 0.493 e. The van der Waals surface area contributed by atoms with E-state index in [1.807, 2.05) is 80.5 Å². The minimum absolute atomic E-state index is 0. The van der Waals surface area contributed by atoms with Crippen LogP contribution in [0, 0.1) is 20.8 Å². The summed E-state index contributed by atoms with van der Waals surface area (Å²) >= 11 is 0. The van der Waals surface area contributed by atoms with Crippen LogP contribution in [-0.4, -0.2) is 47.9 Å². The molecule has 1 amide bonds. The molecule has 0 fully saturated rings. The number of carbonyl (C=O) groups is 1. The lowest BCUT2D eigenvalue weighted by molar-refractivity contribution is -0.124. The molecule has 0 unspecified atom stereocenters. The summed E-state index contributed by atoms with van der Waals surface area (Å²) in [5, 5.41) is 4.61. The standard InChI is InChI=1S/C13H14O3.C9H15NO2.C8H13NO2.CH4/c1-8(2)15-12-9(3)13(14)16-11-7-5-4-6-10(11)12;1-6(2)12-8-5-10(4)9(11)7(8)3;1-5(2)10-8-6(3)7(4)9-11-8;/h4-8H,1-3H3;6H,5H2,1-4H3;5H,1-4H3;1H4. The van der Waals surface area contributed by atoms with E-state index in [0.717, 1.165) is 28.0 Å². The van der Waals surface area contributed by atoms with Crippen LogP contribution >= 0.6 is 0 Å². The second kappa shape index (κ2) is 15.1. The lowest BCUT2D eigenvalue weighted by Gasteiger charge is -2.13. The summed E-state index contributed by atoms with van der Waals surface area (Å²) in [6, 6.07) is 7.39. The third kappa shape index (κ3) is 9.17. The zero-order chi connectivity index (χ0) is 29.4. The minimum Gasteiger partial charge on any atom is -0.493 e. The van der Waals surface area contributed by atoms with E-state index in [4.69, 9.17) is 23.2 Å². The van der Waals surface area contributed by atoms with Crippen molar-refractivity contribution in [2.75, 3.05) is 13.6 Å². The maximum atomic E-state index is 11.6. The molecule has 0 aliphatic carbocycles. The Morgan fingerprint density at radius 3 is 1.90 bits per heavy atom. The van der Waals surface area contributed by atoms with E-state index in [-0.39, 0.29) is 37.3 Å².